The molecule has 0 saturated heterocycles. The first-order valence-electron chi connectivity index (χ1n) is 6.05. The van der Waals surface area contributed by atoms with Gasteiger partial charge >= 0.3 is 0 Å². The lowest BCUT2D eigenvalue weighted by Gasteiger charge is -2.12. The average Bonchev–Trinajstić information content (AvgIpc) is 2.41. The molecule has 1 amide bonds. The summed E-state index contributed by atoms with van der Waals surface area (Å²) >= 11 is 0.932. The molecule has 0 saturated carbocycles. The molecule has 0 aliphatic carbocycles. The normalized spacial score (nSPS) is 12.0. The summed E-state index contributed by atoms with van der Waals surface area (Å²) in [5.74, 6) is -2.50. The lowest BCUT2D eigenvalue weighted by Crippen LogP contribution is -2.24. The summed E-state index contributed by atoms with van der Waals surface area (Å²) < 4.78 is 27.0. The fourth-order valence-corrected chi connectivity index (χ4v) is 2.27. The molecule has 0 unspecified atom stereocenters. The van der Waals surface area contributed by atoms with Crippen molar-refractivity contribution in [3.63, 3.8) is 0 Å². The number of nitrogens with one attached hydrogen (secondary N) is 1. The second-order valence-corrected chi connectivity index (χ2v) is 5.49. The lowest BCUT2D eigenvalue weighted by atomic mass is 10.3. The van der Waals surface area contributed by atoms with Crippen LogP contribution in [0.15, 0.2) is 23.4 Å². The molecule has 7 nitrogen and oxygen atoms in total. The van der Waals surface area contributed by atoms with Crippen LogP contribution in [0.5, 0.6) is 0 Å². The topological polar surface area (TPSA) is 120 Å². The van der Waals surface area contributed by atoms with Crippen LogP contribution in [0.3, 0.4) is 0 Å². The maximum Gasteiger partial charge on any atom is 0.237 e. The average molecular weight is 326 g/mol. The number of para-hydroxylation sites is 1. The molecule has 1 atom stereocenters. The van der Waals surface area contributed by atoms with Gasteiger partial charge in [-0.1, -0.05) is 17.8 Å². The molecule has 116 valence electrons. The number of nitrogen functional groups attached to an aromatic ring is 2. The number of carbonyl (C=O) groups is 1. The van der Waals surface area contributed by atoms with Crippen LogP contribution in [0.1, 0.15) is 6.92 Å². The minimum Gasteiger partial charge on any atom is -0.368 e. The van der Waals surface area contributed by atoms with Crippen LogP contribution in [0.25, 0.3) is 0 Å². The summed E-state index contributed by atoms with van der Waals surface area (Å²) in [4.78, 5) is 23.2. The largest absolute Gasteiger partial charge is 0.368 e. The third kappa shape index (κ3) is 3.79. The van der Waals surface area contributed by atoms with Gasteiger partial charge in [-0.3, -0.25) is 4.79 Å². The van der Waals surface area contributed by atoms with Crippen molar-refractivity contribution >= 4 is 35.3 Å². The maximum absolute atomic E-state index is 13.5. The number of nitrogens with two attached hydrogens (primary N) is 2. The molecule has 0 bridgehead atoms. The second-order valence-electron chi connectivity index (χ2n) is 4.18. The molecular weight excluding hydrogens is 314 g/mol. The third-order valence-electron chi connectivity index (χ3n) is 2.51. The molecule has 0 aliphatic rings. The Kier molecular flexibility index (Phi) is 4.71. The highest BCUT2D eigenvalue weighted by molar-refractivity contribution is 8.00. The van der Waals surface area contributed by atoms with Crippen molar-refractivity contribution < 1.29 is 13.6 Å². The van der Waals surface area contributed by atoms with E-state index in [4.69, 9.17) is 11.5 Å². The van der Waals surface area contributed by atoms with Gasteiger partial charge in [-0.2, -0.15) is 15.0 Å². The molecule has 1 aromatic heterocycles. The number of amides is 1. The quantitative estimate of drug-likeness (QED) is 0.727. The smallest absolute Gasteiger partial charge is 0.237 e. The van der Waals surface area contributed by atoms with Gasteiger partial charge in [0, 0.05) is 0 Å². The van der Waals surface area contributed by atoms with E-state index in [0.29, 0.717) is 0 Å². The highest BCUT2D eigenvalue weighted by atomic mass is 32.2. The molecule has 0 spiro atoms. The van der Waals surface area contributed by atoms with Gasteiger partial charge in [0.25, 0.3) is 0 Å². The molecule has 22 heavy (non-hydrogen) atoms. The fourth-order valence-electron chi connectivity index (χ4n) is 1.49. The Morgan fingerprint density at radius 3 is 2.27 bits per heavy atom. The van der Waals surface area contributed by atoms with E-state index in [1.807, 2.05) is 0 Å². The number of hydrogen-bond donors (Lipinski definition) is 3. The summed E-state index contributed by atoms with van der Waals surface area (Å²) in [6.45, 7) is 1.52. The van der Waals surface area contributed by atoms with E-state index in [-0.39, 0.29) is 17.1 Å². The Balaban J connectivity index is 2.09. The van der Waals surface area contributed by atoms with Crippen LogP contribution < -0.4 is 16.8 Å². The van der Waals surface area contributed by atoms with Crippen LogP contribution in [0.2, 0.25) is 0 Å². The SMILES string of the molecule is C[C@@H](Sc1nc(N)nc(N)n1)C(=O)Nc1c(F)cccc1F. The Morgan fingerprint density at radius 2 is 1.73 bits per heavy atom. The molecule has 0 radical (unpaired) electrons. The molecule has 5 N–H and O–H groups in total. The van der Waals surface area contributed by atoms with E-state index in [1.165, 1.54) is 13.0 Å². The highest BCUT2D eigenvalue weighted by Gasteiger charge is 2.20. The number of carbonyl (C=O) groups excluding carboxylic acids is 1. The van der Waals surface area contributed by atoms with Crippen LogP contribution >= 0.6 is 11.8 Å². The predicted molar refractivity (Wildman–Crippen MR) is 79.0 cm³/mol. The number of benzene rings is 1. The van der Waals surface area contributed by atoms with Gasteiger partial charge in [-0.05, 0) is 19.1 Å². The number of thioether (sulfide) groups is 1. The summed E-state index contributed by atoms with van der Waals surface area (Å²) in [5, 5.41) is 1.59. The van der Waals surface area contributed by atoms with Crippen molar-refractivity contribution in [2.75, 3.05) is 16.8 Å². The Bertz CT molecular complexity index is 674. The molecule has 2 aromatic rings. The predicted octanol–water partition coefficient (Wildman–Crippen LogP) is 1.43. The monoisotopic (exact) mass is 326 g/mol. The van der Waals surface area contributed by atoms with E-state index >= 15 is 0 Å². The second kappa shape index (κ2) is 6.52. The number of hydrogen-bond acceptors (Lipinski definition) is 7. The van der Waals surface area contributed by atoms with Gasteiger partial charge in [0.15, 0.2) is 5.16 Å². The van der Waals surface area contributed by atoms with Crippen molar-refractivity contribution in [2.45, 2.75) is 17.3 Å². The van der Waals surface area contributed by atoms with E-state index in [0.717, 1.165) is 23.9 Å². The summed E-state index contributed by atoms with van der Waals surface area (Å²) in [6, 6.07) is 3.29. The maximum atomic E-state index is 13.5. The zero-order chi connectivity index (χ0) is 16.3. The van der Waals surface area contributed by atoms with Crippen molar-refractivity contribution in [3.05, 3.63) is 29.8 Å². The van der Waals surface area contributed by atoms with Gasteiger partial charge in [0.1, 0.15) is 17.3 Å². The van der Waals surface area contributed by atoms with E-state index in [9.17, 15) is 13.6 Å². The fraction of sp³-hybridized carbons (Fsp3) is 0.167. The van der Waals surface area contributed by atoms with Gasteiger partial charge < -0.3 is 16.8 Å². The van der Waals surface area contributed by atoms with Crippen LogP contribution in [0, 0.1) is 11.6 Å². The standard InChI is InChI=1S/C12H12F2N6OS/c1-5(22-12-19-10(15)18-11(16)20-12)9(21)17-8-6(13)3-2-4-7(8)14/h2-5H,1H3,(H,17,21)(H4,15,16,18,19,20)/t5-/m1/s1. The minimum atomic E-state index is -0.862. The first kappa shape index (κ1) is 15.9. The van der Waals surface area contributed by atoms with Gasteiger partial charge in [0.05, 0.1) is 5.25 Å². The summed E-state index contributed by atoms with van der Waals surface area (Å²) in [7, 11) is 0. The Morgan fingerprint density at radius 1 is 1.18 bits per heavy atom. The van der Waals surface area contributed by atoms with Gasteiger partial charge in [0.2, 0.25) is 17.8 Å². The van der Waals surface area contributed by atoms with Gasteiger partial charge in [-0.15, -0.1) is 0 Å². The minimum absolute atomic E-state index is 0.0808. The van der Waals surface area contributed by atoms with Crippen molar-refractivity contribution in [1.82, 2.24) is 15.0 Å². The van der Waals surface area contributed by atoms with Crippen LogP contribution in [-0.2, 0) is 4.79 Å². The zero-order valence-corrected chi connectivity index (χ0v) is 12.2. The van der Waals surface area contributed by atoms with Crippen molar-refractivity contribution in [1.29, 1.82) is 0 Å². The number of halogens is 2. The first-order chi connectivity index (χ1) is 10.4. The molecule has 0 aliphatic heterocycles. The zero-order valence-electron chi connectivity index (χ0n) is 11.4. The van der Waals surface area contributed by atoms with E-state index in [2.05, 4.69) is 20.3 Å². The number of aromatic nitrogens is 3. The van der Waals surface area contributed by atoms with Crippen LogP contribution in [0.4, 0.5) is 26.4 Å². The number of anilines is 3. The molecule has 1 aromatic carbocycles. The number of nitrogens with zero attached hydrogens (tertiary/aromatic N) is 3. The molecule has 2 rings (SSSR count). The highest BCUT2D eigenvalue weighted by Crippen LogP contribution is 2.23. The molecule has 10 heteroatoms. The molecular formula is C12H12F2N6OS. The summed E-state index contributed by atoms with van der Waals surface area (Å²) in [5.41, 5.74) is 10.3. The Labute approximate surface area is 128 Å². The first-order valence-corrected chi connectivity index (χ1v) is 6.93. The summed E-state index contributed by atoms with van der Waals surface area (Å²) in [6.07, 6.45) is 0. The van der Waals surface area contributed by atoms with Gasteiger partial charge in [-0.25, -0.2) is 8.78 Å². The lowest BCUT2D eigenvalue weighted by molar-refractivity contribution is -0.115. The number of rotatable bonds is 4. The van der Waals surface area contributed by atoms with Crippen molar-refractivity contribution in [3.8, 4) is 0 Å². The molecule has 1 heterocycles. The van der Waals surface area contributed by atoms with E-state index in [1.54, 1.807) is 0 Å². The Hall–Kier alpha value is -2.49. The molecule has 0 fully saturated rings. The van der Waals surface area contributed by atoms with Crippen molar-refractivity contribution in [2.24, 2.45) is 0 Å². The third-order valence-corrected chi connectivity index (χ3v) is 3.47. The van der Waals surface area contributed by atoms with E-state index < -0.39 is 28.5 Å². The van der Waals surface area contributed by atoms with Crippen LogP contribution in [-0.4, -0.2) is 26.1 Å².